The number of carbonyl (C=O) groups excluding carboxylic acids is 2. The van der Waals surface area contributed by atoms with E-state index in [1.54, 1.807) is 38.4 Å². The number of benzene rings is 1. The van der Waals surface area contributed by atoms with Gasteiger partial charge in [-0.25, -0.2) is 0 Å². The lowest BCUT2D eigenvalue weighted by Gasteiger charge is -2.52. The van der Waals surface area contributed by atoms with Crippen LogP contribution in [0.25, 0.3) is 0 Å². The molecule has 1 saturated carbocycles. The lowest BCUT2D eigenvalue weighted by atomic mass is 9.53. The number of hydrogen-bond donors (Lipinski definition) is 2. The van der Waals surface area contributed by atoms with Gasteiger partial charge in [-0.2, -0.15) is 0 Å². The van der Waals surface area contributed by atoms with Crippen molar-refractivity contribution in [3.8, 4) is 5.75 Å². The van der Waals surface area contributed by atoms with Crippen molar-refractivity contribution in [1.82, 2.24) is 5.32 Å². The zero-order valence-corrected chi connectivity index (χ0v) is 13.1. The molecule has 0 heterocycles. The van der Waals surface area contributed by atoms with E-state index in [9.17, 15) is 9.59 Å². The normalized spacial score (nSPS) is 26.9. The summed E-state index contributed by atoms with van der Waals surface area (Å²) in [6.07, 6.45) is 0.0513. The second-order valence-corrected chi connectivity index (χ2v) is 5.31. The number of hydrogen-bond acceptors (Lipinski definition) is 4. The highest BCUT2D eigenvalue weighted by molar-refractivity contribution is 5.97. The number of primary amides is 1. The Labute approximate surface area is 130 Å². The first kappa shape index (κ1) is 16.3. The predicted octanol–water partition coefficient (Wildman–Crippen LogP) is 0.589. The molecule has 1 aromatic rings. The Kier molecular flexibility index (Phi) is 4.71. The molecule has 3 N–H and O–H groups in total. The van der Waals surface area contributed by atoms with Crippen LogP contribution in [-0.2, 0) is 19.7 Å². The van der Waals surface area contributed by atoms with Crippen LogP contribution in [0.3, 0.4) is 0 Å². The van der Waals surface area contributed by atoms with E-state index in [1.807, 2.05) is 6.92 Å². The first-order valence-corrected chi connectivity index (χ1v) is 7.29. The van der Waals surface area contributed by atoms with Crippen LogP contribution < -0.4 is 15.8 Å². The van der Waals surface area contributed by atoms with E-state index in [0.29, 0.717) is 24.3 Å². The van der Waals surface area contributed by atoms with Crippen molar-refractivity contribution in [2.75, 3.05) is 20.8 Å². The van der Waals surface area contributed by atoms with Crippen molar-refractivity contribution in [2.45, 2.75) is 24.9 Å². The third kappa shape index (κ3) is 2.33. The van der Waals surface area contributed by atoms with Crippen LogP contribution in [0, 0.1) is 5.92 Å². The van der Waals surface area contributed by atoms with Crippen LogP contribution >= 0.6 is 0 Å². The molecule has 120 valence electrons. The van der Waals surface area contributed by atoms with Crippen molar-refractivity contribution in [1.29, 1.82) is 0 Å². The van der Waals surface area contributed by atoms with Gasteiger partial charge in [0.25, 0.3) is 0 Å². The molecular formula is C16H22N2O4. The van der Waals surface area contributed by atoms with Gasteiger partial charge in [-0.3, -0.25) is 9.59 Å². The van der Waals surface area contributed by atoms with Crippen molar-refractivity contribution in [2.24, 2.45) is 11.7 Å². The first-order chi connectivity index (χ1) is 10.5. The number of nitrogens with one attached hydrogen (secondary N) is 1. The zero-order valence-electron chi connectivity index (χ0n) is 13.1. The second-order valence-electron chi connectivity index (χ2n) is 5.31. The molecule has 0 saturated heterocycles. The third-order valence-corrected chi connectivity index (χ3v) is 4.37. The minimum Gasteiger partial charge on any atom is -0.497 e. The molecule has 1 aliphatic carbocycles. The van der Waals surface area contributed by atoms with Gasteiger partial charge >= 0.3 is 0 Å². The van der Waals surface area contributed by atoms with E-state index < -0.39 is 17.2 Å². The topological polar surface area (TPSA) is 90.7 Å². The van der Waals surface area contributed by atoms with Crippen molar-refractivity contribution < 1.29 is 19.1 Å². The minimum absolute atomic E-state index is 0.269. The Morgan fingerprint density at radius 3 is 2.73 bits per heavy atom. The number of nitrogens with two attached hydrogens (primary N) is 1. The molecule has 0 radical (unpaired) electrons. The fourth-order valence-electron chi connectivity index (χ4n) is 3.30. The Hall–Kier alpha value is -2.08. The minimum atomic E-state index is -1.11. The highest BCUT2D eigenvalue weighted by Crippen LogP contribution is 2.51. The third-order valence-electron chi connectivity index (χ3n) is 4.37. The summed E-state index contributed by atoms with van der Waals surface area (Å²) in [5, 5.41) is 2.65. The van der Waals surface area contributed by atoms with E-state index >= 15 is 0 Å². The molecule has 0 spiro atoms. The molecule has 1 aliphatic rings. The fourth-order valence-corrected chi connectivity index (χ4v) is 3.30. The molecular weight excluding hydrogens is 284 g/mol. The molecule has 0 bridgehead atoms. The van der Waals surface area contributed by atoms with Crippen LogP contribution in [0.1, 0.15) is 18.9 Å². The van der Waals surface area contributed by atoms with Gasteiger partial charge in [-0.05, 0) is 31.0 Å². The average Bonchev–Trinajstić information content (AvgIpc) is 2.51. The van der Waals surface area contributed by atoms with Gasteiger partial charge < -0.3 is 20.5 Å². The smallest absolute Gasteiger partial charge is 0.233 e. The van der Waals surface area contributed by atoms with E-state index in [0.717, 1.165) is 0 Å². The summed E-state index contributed by atoms with van der Waals surface area (Å²) in [6, 6.07) is 7.14. The predicted molar refractivity (Wildman–Crippen MR) is 81.5 cm³/mol. The Bertz CT molecular complexity index is 575. The number of rotatable bonds is 6. The number of methoxy groups -OCH3 is 1. The van der Waals surface area contributed by atoms with Crippen molar-refractivity contribution in [3.63, 3.8) is 0 Å². The molecule has 22 heavy (non-hydrogen) atoms. The van der Waals surface area contributed by atoms with Gasteiger partial charge in [0.05, 0.1) is 19.1 Å². The molecule has 0 aromatic heterocycles. The van der Waals surface area contributed by atoms with E-state index in [2.05, 4.69) is 5.32 Å². The molecule has 2 amide bonds. The zero-order chi connectivity index (χ0) is 16.3. The molecule has 0 aliphatic heterocycles. The summed E-state index contributed by atoms with van der Waals surface area (Å²) in [5.41, 5.74) is 5.10. The Morgan fingerprint density at radius 2 is 2.18 bits per heavy atom. The standard InChI is InChI=1S/C16H22N2O4/c1-4-22-13-9-12(14(17)19)16(13,15(20)18-2)10-6-5-7-11(8-10)21-3/h5-8,12-13H,4,9H2,1-3H3,(H2,17,19)(H,18,20). The maximum Gasteiger partial charge on any atom is 0.233 e. The lowest BCUT2D eigenvalue weighted by molar-refractivity contribution is -0.163. The molecule has 2 rings (SSSR count). The Morgan fingerprint density at radius 1 is 1.45 bits per heavy atom. The summed E-state index contributed by atoms with van der Waals surface area (Å²) in [5.74, 6) is -0.751. The van der Waals surface area contributed by atoms with Gasteiger partial charge in [0.15, 0.2) is 0 Å². The molecule has 1 fully saturated rings. The Balaban J connectivity index is 2.58. The SMILES string of the molecule is CCOC1CC(C(N)=O)C1(C(=O)NC)c1cccc(OC)c1. The number of ether oxygens (including phenoxy) is 2. The van der Waals surface area contributed by atoms with Crippen molar-refractivity contribution in [3.05, 3.63) is 29.8 Å². The van der Waals surface area contributed by atoms with Crippen LogP contribution in [-0.4, -0.2) is 38.7 Å². The summed E-state index contributed by atoms with van der Waals surface area (Å²) in [7, 11) is 3.10. The van der Waals surface area contributed by atoms with Crippen LogP contribution in [0.4, 0.5) is 0 Å². The average molecular weight is 306 g/mol. The summed E-state index contributed by atoms with van der Waals surface area (Å²) in [4.78, 5) is 24.5. The lowest BCUT2D eigenvalue weighted by Crippen LogP contribution is -2.68. The summed E-state index contributed by atoms with van der Waals surface area (Å²) >= 11 is 0. The van der Waals surface area contributed by atoms with Gasteiger partial charge in [0.2, 0.25) is 11.8 Å². The van der Waals surface area contributed by atoms with Crippen molar-refractivity contribution >= 4 is 11.8 Å². The number of amides is 2. The summed E-state index contributed by atoms with van der Waals surface area (Å²) in [6.45, 7) is 2.32. The highest BCUT2D eigenvalue weighted by atomic mass is 16.5. The van der Waals surface area contributed by atoms with Gasteiger partial charge in [0, 0.05) is 13.7 Å². The van der Waals surface area contributed by atoms with E-state index in [1.165, 1.54) is 0 Å². The molecule has 1 aromatic carbocycles. The maximum absolute atomic E-state index is 12.7. The highest BCUT2D eigenvalue weighted by Gasteiger charge is 2.64. The van der Waals surface area contributed by atoms with Crippen LogP contribution in [0.15, 0.2) is 24.3 Å². The van der Waals surface area contributed by atoms with E-state index in [-0.39, 0.29) is 12.0 Å². The molecule has 3 unspecified atom stereocenters. The van der Waals surface area contributed by atoms with Crippen LogP contribution in [0.5, 0.6) is 5.75 Å². The van der Waals surface area contributed by atoms with Gasteiger partial charge in [0.1, 0.15) is 11.2 Å². The maximum atomic E-state index is 12.7. The van der Waals surface area contributed by atoms with Crippen LogP contribution in [0.2, 0.25) is 0 Å². The first-order valence-electron chi connectivity index (χ1n) is 7.29. The molecule has 6 nitrogen and oxygen atoms in total. The quantitative estimate of drug-likeness (QED) is 0.805. The molecule has 3 atom stereocenters. The van der Waals surface area contributed by atoms with Gasteiger partial charge in [-0.15, -0.1) is 0 Å². The fraction of sp³-hybridized carbons (Fsp3) is 0.500. The second kappa shape index (κ2) is 6.36. The van der Waals surface area contributed by atoms with E-state index in [4.69, 9.17) is 15.2 Å². The monoisotopic (exact) mass is 306 g/mol. The molecule has 6 heteroatoms. The summed E-state index contributed by atoms with van der Waals surface area (Å²) < 4.78 is 10.9. The number of carbonyl (C=O) groups is 2. The largest absolute Gasteiger partial charge is 0.497 e. The van der Waals surface area contributed by atoms with Gasteiger partial charge in [-0.1, -0.05) is 12.1 Å². The number of likely N-dealkylation sites (N-methyl/N-ethyl adjacent to an activating group) is 1.